The number of aryl methyl sites for hydroxylation is 2. The quantitative estimate of drug-likeness (QED) is 0.804. The summed E-state index contributed by atoms with van der Waals surface area (Å²) in [6.45, 7) is 0.475. The van der Waals surface area contributed by atoms with E-state index in [1.807, 2.05) is 6.07 Å². The summed E-state index contributed by atoms with van der Waals surface area (Å²) in [6.07, 6.45) is 2.66. The molecule has 1 amide bonds. The minimum absolute atomic E-state index is 0.475. The molecule has 0 saturated carbocycles. The van der Waals surface area contributed by atoms with Gasteiger partial charge in [-0.15, -0.1) is 0 Å². The summed E-state index contributed by atoms with van der Waals surface area (Å²) in [5.74, 6) is 0. The summed E-state index contributed by atoms with van der Waals surface area (Å²) < 4.78 is 0. The Hall–Kier alpha value is -1.51. The van der Waals surface area contributed by atoms with Gasteiger partial charge in [0.25, 0.3) is 0 Å². The van der Waals surface area contributed by atoms with Crippen LogP contribution in [-0.2, 0) is 19.4 Å². The van der Waals surface area contributed by atoms with Crippen molar-refractivity contribution in [1.82, 2.24) is 4.90 Å². The van der Waals surface area contributed by atoms with E-state index in [2.05, 4.69) is 12.1 Å². The minimum Gasteiger partial charge on any atom is -0.465 e. The third-order valence-electron chi connectivity index (χ3n) is 2.91. The van der Waals surface area contributed by atoms with Crippen LogP contribution in [0.15, 0.2) is 18.2 Å². The average molecular weight is 205 g/mol. The lowest BCUT2D eigenvalue weighted by molar-refractivity contribution is 0.153. The van der Waals surface area contributed by atoms with Crippen molar-refractivity contribution in [2.75, 3.05) is 7.05 Å². The van der Waals surface area contributed by atoms with Crippen molar-refractivity contribution < 1.29 is 9.90 Å². The van der Waals surface area contributed by atoms with E-state index in [0.29, 0.717) is 6.54 Å². The molecule has 80 valence electrons. The van der Waals surface area contributed by atoms with E-state index in [9.17, 15) is 4.79 Å². The molecule has 0 bridgehead atoms. The molecular weight excluding hydrogens is 190 g/mol. The minimum atomic E-state index is -0.879. The highest BCUT2D eigenvalue weighted by Crippen LogP contribution is 2.23. The summed E-state index contributed by atoms with van der Waals surface area (Å²) in [4.78, 5) is 12.0. The van der Waals surface area contributed by atoms with Crippen molar-refractivity contribution in [3.63, 3.8) is 0 Å². The zero-order valence-electron chi connectivity index (χ0n) is 8.86. The van der Waals surface area contributed by atoms with Gasteiger partial charge in [0, 0.05) is 13.6 Å². The Morgan fingerprint density at radius 3 is 2.87 bits per heavy atom. The van der Waals surface area contributed by atoms with Crippen LogP contribution >= 0.6 is 0 Å². The molecule has 0 aromatic heterocycles. The van der Waals surface area contributed by atoms with Gasteiger partial charge in [0.2, 0.25) is 0 Å². The Balaban J connectivity index is 2.13. The molecule has 1 aliphatic carbocycles. The Bertz CT molecular complexity index is 387. The van der Waals surface area contributed by atoms with Gasteiger partial charge in [-0.1, -0.05) is 18.2 Å². The first-order chi connectivity index (χ1) is 7.16. The van der Waals surface area contributed by atoms with Crippen LogP contribution in [0.3, 0.4) is 0 Å². The van der Waals surface area contributed by atoms with E-state index < -0.39 is 6.09 Å². The number of amides is 1. The van der Waals surface area contributed by atoms with Crippen LogP contribution in [0.25, 0.3) is 0 Å². The monoisotopic (exact) mass is 205 g/mol. The SMILES string of the molecule is CN(Cc1ccc2c(c1)CCC2)C(=O)O. The van der Waals surface area contributed by atoms with E-state index in [1.165, 1.54) is 28.9 Å². The van der Waals surface area contributed by atoms with Crippen LogP contribution in [0.2, 0.25) is 0 Å². The van der Waals surface area contributed by atoms with Crippen molar-refractivity contribution in [2.45, 2.75) is 25.8 Å². The molecule has 0 spiro atoms. The van der Waals surface area contributed by atoms with Crippen molar-refractivity contribution in [3.8, 4) is 0 Å². The molecule has 1 N–H and O–H groups in total. The predicted octanol–water partition coefficient (Wildman–Crippen LogP) is 2.29. The lowest BCUT2D eigenvalue weighted by Gasteiger charge is -2.13. The largest absolute Gasteiger partial charge is 0.465 e. The number of carboxylic acid groups (broad SMARTS) is 1. The molecule has 0 unspecified atom stereocenters. The Morgan fingerprint density at radius 2 is 2.13 bits per heavy atom. The van der Waals surface area contributed by atoms with Crippen LogP contribution in [-0.4, -0.2) is 23.1 Å². The number of benzene rings is 1. The fourth-order valence-electron chi connectivity index (χ4n) is 2.07. The molecule has 1 aromatic rings. The number of hydrogen-bond acceptors (Lipinski definition) is 1. The first kappa shape index (κ1) is 10.0. The second-order valence-electron chi connectivity index (χ2n) is 4.10. The fraction of sp³-hybridized carbons (Fsp3) is 0.417. The predicted molar refractivity (Wildman–Crippen MR) is 58.0 cm³/mol. The fourth-order valence-corrected chi connectivity index (χ4v) is 2.07. The van der Waals surface area contributed by atoms with Crippen molar-refractivity contribution >= 4 is 6.09 Å². The maximum Gasteiger partial charge on any atom is 0.407 e. The highest BCUT2D eigenvalue weighted by atomic mass is 16.4. The Kier molecular flexibility index (Phi) is 2.62. The van der Waals surface area contributed by atoms with E-state index in [0.717, 1.165) is 12.0 Å². The molecule has 3 heteroatoms. The zero-order chi connectivity index (χ0) is 10.8. The van der Waals surface area contributed by atoms with E-state index in [4.69, 9.17) is 5.11 Å². The third kappa shape index (κ3) is 2.12. The van der Waals surface area contributed by atoms with Crippen molar-refractivity contribution in [2.24, 2.45) is 0 Å². The molecule has 3 nitrogen and oxygen atoms in total. The van der Waals surface area contributed by atoms with E-state index in [-0.39, 0.29) is 0 Å². The van der Waals surface area contributed by atoms with Gasteiger partial charge in [-0.3, -0.25) is 0 Å². The van der Waals surface area contributed by atoms with Gasteiger partial charge >= 0.3 is 6.09 Å². The molecule has 0 aliphatic heterocycles. The summed E-state index contributed by atoms with van der Waals surface area (Å²) in [5.41, 5.74) is 3.91. The van der Waals surface area contributed by atoms with Gasteiger partial charge in [-0.25, -0.2) is 4.79 Å². The second-order valence-corrected chi connectivity index (χ2v) is 4.10. The van der Waals surface area contributed by atoms with Crippen molar-refractivity contribution in [3.05, 3.63) is 34.9 Å². The normalized spacial score (nSPS) is 13.7. The maximum atomic E-state index is 10.7. The highest BCUT2D eigenvalue weighted by molar-refractivity contribution is 5.64. The topological polar surface area (TPSA) is 40.5 Å². The third-order valence-corrected chi connectivity index (χ3v) is 2.91. The number of fused-ring (bicyclic) bond motifs is 1. The smallest absolute Gasteiger partial charge is 0.407 e. The highest BCUT2D eigenvalue weighted by Gasteiger charge is 2.12. The van der Waals surface area contributed by atoms with Gasteiger partial charge in [-0.05, 0) is 36.0 Å². The molecule has 0 saturated heterocycles. The molecule has 0 fully saturated rings. The number of nitrogens with zero attached hydrogens (tertiary/aromatic N) is 1. The Morgan fingerprint density at radius 1 is 1.40 bits per heavy atom. The van der Waals surface area contributed by atoms with Gasteiger partial charge in [0.1, 0.15) is 0 Å². The lowest BCUT2D eigenvalue weighted by atomic mass is 10.1. The van der Waals surface area contributed by atoms with Crippen LogP contribution in [0.4, 0.5) is 4.79 Å². The summed E-state index contributed by atoms with van der Waals surface area (Å²) in [7, 11) is 1.59. The number of carbonyl (C=O) groups is 1. The molecule has 0 radical (unpaired) electrons. The van der Waals surface area contributed by atoms with Gasteiger partial charge in [0.15, 0.2) is 0 Å². The average Bonchev–Trinajstić information content (AvgIpc) is 2.64. The molecular formula is C12H15NO2. The molecule has 15 heavy (non-hydrogen) atoms. The molecule has 0 heterocycles. The van der Waals surface area contributed by atoms with Gasteiger partial charge in [-0.2, -0.15) is 0 Å². The standard InChI is InChI=1S/C12H15NO2/c1-13(12(14)15)8-9-5-6-10-3-2-4-11(10)7-9/h5-7H,2-4,8H2,1H3,(H,14,15). The number of rotatable bonds is 2. The van der Waals surface area contributed by atoms with Gasteiger partial charge < -0.3 is 10.0 Å². The molecule has 2 rings (SSSR count). The lowest BCUT2D eigenvalue weighted by Crippen LogP contribution is -2.23. The van der Waals surface area contributed by atoms with Crippen LogP contribution in [0.1, 0.15) is 23.1 Å². The second kappa shape index (κ2) is 3.93. The van der Waals surface area contributed by atoms with E-state index in [1.54, 1.807) is 7.05 Å². The molecule has 0 atom stereocenters. The molecule has 1 aliphatic rings. The van der Waals surface area contributed by atoms with Crippen LogP contribution < -0.4 is 0 Å². The Labute approximate surface area is 89.3 Å². The number of hydrogen-bond donors (Lipinski definition) is 1. The zero-order valence-corrected chi connectivity index (χ0v) is 8.86. The first-order valence-electron chi connectivity index (χ1n) is 5.21. The summed E-state index contributed by atoms with van der Waals surface area (Å²) in [5, 5.41) is 8.76. The summed E-state index contributed by atoms with van der Waals surface area (Å²) in [6, 6.07) is 6.30. The van der Waals surface area contributed by atoms with Crippen LogP contribution in [0, 0.1) is 0 Å². The first-order valence-corrected chi connectivity index (χ1v) is 5.21. The van der Waals surface area contributed by atoms with Crippen molar-refractivity contribution in [1.29, 1.82) is 0 Å². The summed E-state index contributed by atoms with van der Waals surface area (Å²) >= 11 is 0. The molecule has 1 aromatic carbocycles. The van der Waals surface area contributed by atoms with Crippen LogP contribution in [0.5, 0.6) is 0 Å². The van der Waals surface area contributed by atoms with Gasteiger partial charge in [0.05, 0.1) is 0 Å². The maximum absolute atomic E-state index is 10.7. The van der Waals surface area contributed by atoms with E-state index >= 15 is 0 Å².